The predicted octanol–water partition coefficient (Wildman–Crippen LogP) is 2.65. The number of aromatic nitrogens is 2. The van der Waals surface area contributed by atoms with Gasteiger partial charge in [-0.2, -0.15) is 5.10 Å². The van der Waals surface area contributed by atoms with Gasteiger partial charge in [-0.05, 0) is 42.5 Å². The van der Waals surface area contributed by atoms with E-state index in [1.165, 1.54) is 0 Å². The largest absolute Gasteiger partial charge is 0.288 e. The average molecular weight is 292 g/mol. The summed E-state index contributed by atoms with van der Waals surface area (Å²) in [5.74, 6) is -0.154. The Kier molecular flexibility index (Phi) is 3.87. The van der Waals surface area contributed by atoms with E-state index in [2.05, 4.69) is 10.5 Å². The van der Waals surface area contributed by atoms with Gasteiger partial charge in [0.2, 0.25) is 0 Å². The molecule has 1 heterocycles. The molecule has 0 fully saturated rings. The molecule has 1 aromatic heterocycles. The summed E-state index contributed by atoms with van der Waals surface area (Å²) in [5, 5.41) is 5.86. The maximum absolute atomic E-state index is 12.3. The van der Waals surface area contributed by atoms with Gasteiger partial charge in [-0.3, -0.25) is 15.2 Å². The van der Waals surface area contributed by atoms with Crippen LogP contribution in [0, 0.1) is 0 Å². The highest BCUT2D eigenvalue weighted by molar-refractivity contribution is 5.95. The fourth-order valence-corrected chi connectivity index (χ4v) is 2.12. The van der Waals surface area contributed by atoms with Crippen LogP contribution in [-0.4, -0.2) is 22.7 Å². The topological polar surface area (TPSA) is 50.2 Å². The van der Waals surface area contributed by atoms with Crippen molar-refractivity contribution in [2.24, 2.45) is 0 Å². The minimum atomic E-state index is -0.154. The predicted molar refractivity (Wildman–Crippen MR) is 85.9 cm³/mol. The summed E-state index contributed by atoms with van der Waals surface area (Å²) in [4.78, 5) is 12.3. The van der Waals surface area contributed by atoms with Gasteiger partial charge in [0.05, 0.1) is 11.4 Å². The summed E-state index contributed by atoms with van der Waals surface area (Å²) in [5.41, 5.74) is 5.27. The SMILES string of the molecule is CN(NC(=O)c1ccc(-n2cccn2)cc1)c1ccccc1. The lowest BCUT2D eigenvalue weighted by atomic mass is 10.2. The van der Waals surface area contributed by atoms with Crippen molar-refractivity contribution < 1.29 is 4.79 Å². The molecule has 0 aliphatic heterocycles. The third-order valence-corrected chi connectivity index (χ3v) is 3.31. The van der Waals surface area contributed by atoms with E-state index in [0.29, 0.717) is 5.56 Å². The van der Waals surface area contributed by atoms with Crippen LogP contribution >= 0.6 is 0 Å². The molecule has 0 aliphatic carbocycles. The summed E-state index contributed by atoms with van der Waals surface area (Å²) < 4.78 is 1.75. The Bertz CT molecular complexity index is 736. The second-order valence-electron chi connectivity index (χ2n) is 4.83. The van der Waals surface area contributed by atoms with Crippen LogP contribution in [0.5, 0.6) is 0 Å². The molecule has 2 aromatic carbocycles. The first-order valence-electron chi connectivity index (χ1n) is 6.94. The molecule has 1 amide bonds. The van der Waals surface area contributed by atoms with Crippen LogP contribution in [0.15, 0.2) is 73.1 Å². The molecule has 3 rings (SSSR count). The van der Waals surface area contributed by atoms with Gasteiger partial charge >= 0.3 is 0 Å². The van der Waals surface area contributed by atoms with E-state index in [0.717, 1.165) is 11.4 Å². The molecular formula is C17H16N4O. The fourth-order valence-electron chi connectivity index (χ4n) is 2.12. The summed E-state index contributed by atoms with van der Waals surface area (Å²) in [7, 11) is 1.81. The normalized spacial score (nSPS) is 10.2. The molecule has 0 saturated heterocycles. The number of hydrazine groups is 1. The number of anilines is 1. The molecule has 0 aliphatic rings. The van der Waals surface area contributed by atoms with Crippen LogP contribution in [0.4, 0.5) is 5.69 Å². The van der Waals surface area contributed by atoms with E-state index in [1.807, 2.05) is 61.8 Å². The molecule has 5 nitrogen and oxygen atoms in total. The lowest BCUT2D eigenvalue weighted by Gasteiger charge is -2.20. The van der Waals surface area contributed by atoms with Crippen LogP contribution in [-0.2, 0) is 0 Å². The molecule has 5 heteroatoms. The number of para-hydroxylation sites is 1. The van der Waals surface area contributed by atoms with E-state index in [-0.39, 0.29) is 5.91 Å². The van der Waals surface area contributed by atoms with Crippen LogP contribution in [0.3, 0.4) is 0 Å². The maximum Gasteiger partial charge on any atom is 0.269 e. The monoisotopic (exact) mass is 292 g/mol. The highest BCUT2D eigenvalue weighted by atomic mass is 16.2. The minimum absolute atomic E-state index is 0.154. The molecule has 0 radical (unpaired) electrons. The quantitative estimate of drug-likeness (QED) is 0.752. The Hall–Kier alpha value is -3.08. The van der Waals surface area contributed by atoms with Crippen molar-refractivity contribution in [2.75, 3.05) is 12.1 Å². The number of benzene rings is 2. The Morgan fingerprint density at radius 3 is 2.41 bits per heavy atom. The molecule has 0 saturated carbocycles. The lowest BCUT2D eigenvalue weighted by Crippen LogP contribution is -2.39. The molecule has 0 unspecified atom stereocenters. The van der Waals surface area contributed by atoms with Crippen molar-refractivity contribution in [2.45, 2.75) is 0 Å². The Balaban J connectivity index is 1.70. The number of hydrogen-bond acceptors (Lipinski definition) is 3. The van der Waals surface area contributed by atoms with E-state index in [9.17, 15) is 4.79 Å². The number of rotatable bonds is 4. The second kappa shape index (κ2) is 6.13. The van der Waals surface area contributed by atoms with E-state index in [1.54, 1.807) is 28.0 Å². The van der Waals surface area contributed by atoms with Gasteiger partial charge in [-0.25, -0.2) is 4.68 Å². The van der Waals surface area contributed by atoms with Crippen LogP contribution < -0.4 is 10.4 Å². The molecule has 0 bridgehead atoms. The Morgan fingerprint density at radius 2 is 1.77 bits per heavy atom. The molecular weight excluding hydrogens is 276 g/mol. The van der Waals surface area contributed by atoms with Crippen LogP contribution in [0.1, 0.15) is 10.4 Å². The smallest absolute Gasteiger partial charge is 0.269 e. The first-order chi connectivity index (χ1) is 10.7. The first kappa shape index (κ1) is 13.9. The van der Waals surface area contributed by atoms with Crippen LogP contribution in [0.2, 0.25) is 0 Å². The third kappa shape index (κ3) is 2.98. The zero-order chi connectivity index (χ0) is 15.4. The van der Waals surface area contributed by atoms with Gasteiger partial charge in [0.1, 0.15) is 0 Å². The maximum atomic E-state index is 12.3. The van der Waals surface area contributed by atoms with Crippen LogP contribution in [0.25, 0.3) is 5.69 Å². The molecule has 3 aromatic rings. The van der Waals surface area contributed by atoms with Crippen molar-refractivity contribution in [3.05, 3.63) is 78.6 Å². The summed E-state index contributed by atoms with van der Waals surface area (Å²) in [6.45, 7) is 0. The van der Waals surface area contributed by atoms with Crippen molar-refractivity contribution in [1.29, 1.82) is 0 Å². The van der Waals surface area contributed by atoms with Gasteiger partial charge in [0.15, 0.2) is 0 Å². The molecule has 110 valence electrons. The average Bonchev–Trinajstić information content (AvgIpc) is 3.10. The van der Waals surface area contributed by atoms with Crippen molar-refractivity contribution in [1.82, 2.24) is 15.2 Å². The first-order valence-corrected chi connectivity index (χ1v) is 6.94. The molecule has 0 atom stereocenters. The summed E-state index contributed by atoms with van der Waals surface area (Å²) in [6.07, 6.45) is 3.58. The lowest BCUT2D eigenvalue weighted by molar-refractivity contribution is 0.0951. The minimum Gasteiger partial charge on any atom is -0.288 e. The fraction of sp³-hybridized carbons (Fsp3) is 0.0588. The summed E-state index contributed by atoms with van der Waals surface area (Å²) in [6, 6.07) is 18.8. The molecule has 22 heavy (non-hydrogen) atoms. The van der Waals surface area contributed by atoms with Gasteiger partial charge in [0.25, 0.3) is 5.91 Å². The molecule has 1 N–H and O–H groups in total. The van der Waals surface area contributed by atoms with E-state index < -0.39 is 0 Å². The zero-order valence-electron chi connectivity index (χ0n) is 12.2. The highest BCUT2D eigenvalue weighted by Gasteiger charge is 2.08. The Morgan fingerprint density at radius 1 is 1.05 bits per heavy atom. The van der Waals surface area contributed by atoms with E-state index >= 15 is 0 Å². The number of carbonyl (C=O) groups is 1. The van der Waals surface area contributed by atoms with E-state index in [4.69, 9.17) is 0 Å². The van der Waals surface area contributed by atoms with Crippen molar-refractivity contribution in [3.8, 4) is 5.69 Å². The number of amides is 1. The van der Waals surface area contributed by atoms with Gasteiger partial charge < -0.3 is 0 Å². The number of hydrogen-bond donors (Lipinski definition) is 1. The second-order valence-corrected chi connectivity index (χ2v) is 4.83. The summed E-state index contributed by atoms with van der Waals surface area (Å²) >= 11 is 0. The number of carbonyl (C=O) groups excluding carboxylic acids is 1. The zero-order valence-corrected chi connectivity index (χ0v) is 12.2. The number of nitrogens with one attached hydrogen (secondary N) is 1. The van der Waals surface area contributed by atoms with Crippen molar-refractivity contribution >= 4 is 11.6 Å². The number of nitrogens with zero attached hydrogens (tertiary/aromatic N) is 3. The van der Waals surface area contributed by atoms with Gasteiger partial charge in [-0.1, -0.05) is 18.2 Å². The standard InChI is InChI=1S/C17H16N4O/c1-20(15-6-3-2-4-7-15)19-17(22)14-8-10-16(11-9-14)21-13-5-12-18-21/h2-13H,1H3,(H,19,22). The highest BCUT2D eigenvalue weighted by Crippen LogP contribution is 2.11. The molecule has 0 spiro atoms. The Labute approximate surface area is 128 Å². The van der Waals surface area contributed by atoms with Gasteiger partial charge in [-0.15, -0.1) is 0 Å². The van der Waals surface area contributed by atoms with Crippen molar-refractivity contribution in [3.63, 3.8) is 0 Å². The van der Waals surface area contributed by atoms with Gasteiger partial charge in [0, 0.05) is 25.0 Å². The third-order valence-electron chi connectivity index (χ3n) is 3.31.